The number of phenols is 2. The summed E-state index contributed by atoms with van der Waals surface area (Å²) < 4.78 is 12.9. The maximum atomic E-state index is 12.9. The van der Waals surface area contributed by atoms with Gasteiger partial charge in [-0.05, 0) is 13.0 Å². The molecular weight excluding hydrogens is 163 g/mol. The van der Waals surface area contributed by atoms with Crippen LogP contribution in [0, 0.1) is 5.82 Å². The van der Waals surface area contributed by atoms with E-state index in [1.165, 1.54) is 6.92 Å². The molecule has 0 saturated carbocycles. The quantitative estimate of drug-likeness (QED) is 0.559. The monoisotopic (exact) mass is 172 g/mol. The zero-order valence-corrected chi connectivity index (χ0v) is 6.45. The van der Waals surface area contributed by atoms with E-state index in [-0.39, 0.29) is 5.56 Å². The zero-order valence-electron chi connectivity index (χ0n) is 6.45. The van der Waals surface area contributed by atoms with Crippen molar-refractivity contribution in [3.05, 3.63) is 23.5 Å². The highest BCUT2D eigenvalue weighted by Gasteiger charge is 2.11. The van der Waals surface area contributed by atoms with E-state index < -0.39 is 23.4 Å². The first-order chi connectivity index (χ1) is 5.52. The lowest BCUT2D eigenvalue weighted by Gasteiger charge is -2.07. The van der Waals surface area contributed by atoms with Crippen LogP contribution in [-0.4, -0.2) is 15.3 Å². The molecule has 0 amide bonds. The summed E-state index contributed by atoms with van der Waals surface area (Å²) in [4.78, 5) is 0. The van der Waals surface area contributed by atoms with Crippen LogP contribution in [0.2, 0.25) is 0 Å². The van der Waals surface area contributed by atoms with Gasteiger partial charge in [0.2, 0.25) is 0 Å². The Kier molecular flexibility index (Phi) is 2.19. The molecule has 66 valence electrons. The third-order valence-electron chi connectivity index (χ3n) is 1.54. The van der Waals surface area contributed by atoms with Crippen LogP contribution >= 0.6 is 0 Å². The molecule has 1 unspecified atom stereocenters. The summed E-state index contributed by atoms with van der Waals surface area (Å²) in [5.74, 6) is -1.70. The fourth-order valence-corrected chi connectivity index (χ4v) is 0.888. The smallest absolute Gasteiger partial charge is 0.160 e. The van der Waals surface area contributed by atoms with Gasteiger partial charge >= 0.3 is 0 Å². The summed E-state index contributed by atoms with van der Waals surface area (Å²) in [6.45, 7) is 1.37. The molecule has 0 spiro atoms. The van der Waals surface area contributed by atoms with Gasteiger partial charge < -0.3 is 15.3 Å². The number of rotatable bonds is 1. The molecule has 0 bridgehead atoms. The lowest BCUT2D eigenvalue weighted by atomic mass is 10.1. The molecule has 0 aliphatic rings. The first-order valence-electron chi connectivity index (χ1n) is 3.42. The van der Waals surface area contributed by atoms with Gasteiger partial charge in [-0.1, -0.05) is 0 Å². The van der Waals surface area contributed by atoms with Crippen LogP contribution in [0.1, 0.15) is 18.6 Å². The van der Waals surface area contributed by atoms with E-state index in [4.69, 9.17) is 15.3 Å². The second-order valence-corrected chi connectivity index (χ2v) is 2.54. The summed E-state index contributed by atoms with van der Waals surface area (Å²) in [5.41, 5.74) is -0.0368. The van der Waals surface area contributed by atoms with Crippen LogP contribution in [0.3, 0.4) is 0 Å². The predicted octanol–water partition coefficient (Wildman–Crippen LogP) is 1.29. The summed E-state index contributed by atoms with van der Waals surface area (Å²) in [5, 5.41) is 26.8. The van der Waals surface area contributed by atoms with Gasteiger partial charge in [0.25, 0.3) is 0 Å². The number of aromatic hydroxyl groups is 2. The third kappa shape index (κ3) is 1.48. The average molecular weight is 172 g/mol. The van der Waals surface area contributed by atoms with Crippen molar-refractivity contribution in [2.75, 3.05) is 0 Å². The molecule has 3 N–H and O–H groups in total. The molecule has 1 aromatic rings. The van der Waals surface area contributed by atoms with Gasteiger partial charge in [-0.25, -0.2) is 4.39 Å². The molecule has 3 nitrogen and oxygen atoms in total. The fourth-order valence-electron chi connectivity index (χ4n) is 0.888. The molecule has 1 atom stereocenters. The maximum Gasteiger partial charge on any atom is 0.160 e. The Labute approximate surface area is 68.7 Å². The lowest BCUT2D eigenvalue weighted by molar-refractivity contribution is 0.193. The summed E-state index contributed by atoms with van der Waals surface area (Å²) in [6.07, 6.45) is -1.00. The van der Waals surface area contributed by atoms with E-state index in [1.54, 1.807) is 0 Å². The van der Waals surface area contributed by atoms with Crippen molar-refractivity contribution in [2.24, 2.45) is 0 Å². The topological polar surface area (TPSA) is 60.7 Å². The Morgan fingerprint density at radius 2 is 1.75 bits per heavy atom. The molecule has 0 aliphatic heterocycles. The van der Waals surface area contributed by atoms with Gasteiger partial charge in [0.05, 0.1) is 6.10 Å². The molecular formula is C8H9FO3. The zero-order chi connectivity index (χ0) is 9.30. The van der Waals surface area contributed by atoms with E-state index in [0.717, 1.165) is 12.1 Å². The summed E-state index contributed by atoms with van der Waals surface area (Å²) >= 11 is 0. The number of halogens is 1. The minimum atomic E-state index is -1.00. The van der Waals surface area contributed by atoms with Crippen molar-refractivity contribution in [1.29, 1.82) is 0 Å². The highest BCUT2D eigenvalue weighted by atomic mass is 19.1. The lowest BCUT2D eigenvalue weighted by Crippen LogP contribution is -1.95. The second-order valence-electron chi connectivity index (χ2n) is 2.54. The van der Waals surface area contributed by atoms with Gasteiger partial charge in [-0.3, -0.25) is 0 Å². The summed E-state index contributed by atoms with van der Waals surface area (Å²) in [7, 11) is 0. The van der Waals surface area contributed by atoms with Crippen LogP contribution in [0.5, 0.6) is 11.5 Å². The van der Waals surface area contributed by atoms with Gasteiger partial charge in [0.15, 0.2) is 11.5 Å². The maximum absolute atomic E-state index is 12.9. The first kappa shape index (κ1) is 8.80. The Hall–Kier alpha value is -1.29. The normalized spacial score (nSPS) is 12.9. The molecule has 1 aromatic carbocycles. The van der Waals surface area contributed by atoms with E-state index in [9.17, 15) is 4.39 Å². The molecule has 0 aliphatic carbocycles. The molecule has 0 saturated heterocycles. The van der Waals surface area contributed by atoms with Crippen LogP contribution in [0.4, 0.5) is 4.39 Å². The minimum Gasteiger partial charge on any atom is -0.504 e. The first-order valence-corrected chi connectivity index (χ1v) is 3.42. The van der Waals surface area contributed by atoms with Crippen molar-refractivity contribution in [1.82, 2.24) is 0 Å². The number of phenolic OH excluding ortho intramolecular Hbond substituents is 2. The average Bonchev–Trinajstić information content (AvgIpc) is 1.96. The van der Waals surface area contributed by atoms with E-state index >= 15 is 0 Å². The van der Waals surface area contributed by atoms with E-state index in [1.807, 2.05) is 0 Å². The largest absolute Gasteiger partial charge is 0.504 e. The van der Waals surface area contributed by atoms with Crippen molar-refractivity contribution in [3.8, 4) is 11.5 Å². The van der Waals surface area contributed by atoms with E-state index in [2.05, 4.69) is 0 Å². The third-order valence-corrected chi connectivity index (χ3v) is 1.54. The molecule has 12 heavy (non-hydrogen) atoms. The van der Waals surface area contributed by atoms with Crippen LogP contribution in [0.25, 0.3) is 0 Å². The van der Waals surface area contributed by atoms with Gasteiger partial charge in [-0.2, -0.15) is 0 Å². The van der Waals surface area contributed by atoms with Gasteiger partial charge in [0.1, 0.15) is 5.82 Å². The Morgan fingerprint density at radius 1 is 1.25 bits per heavy atom. The minimum absolute atomic E-state index is 0.0368. The standard InChI is InChI=1S/C8H9FO3/c1-4(10)5-2-7(11)8(12)3-6(5)9/h2-4,10-12H,1H3. The van der Waals surface area contributed by atoms with Crippen LogP contribution < -0.4 is 0 Å². The Morgan fingerprint density at radius 3 is 2.25 bits per heavy atom. The van der Waals surface area contributed by atoms with Crippen molar-refractivity contribution >= 4 is 0 Å². The van der Waals surface area contributed by atoms with Gasteiger partial charge in [0, 0.05) is 11.6 Å². The van der Waals surface area contributed by atoms with Gasteiger partial charge in [-0.15, -0.1) is 0 Å². The highest BCUT2D eigenvalue weighted by molar-refractivity contribution is 5.42. The molecule has 4 heteroatoms. The molecule has 0 fully saturated rings. The van der Waals surface area contributed by atoms with Crippen LogP contribution in [-0.2, 0) is 0 Å². The number of aliphatic hydroxyl groups is 1. The Balaban J connectivity index is 3.23. The fraction of sp³-hybridized carbons (Fsp3) is 0.250. The SMILES string of the molecule is CC(O)c1cc(O)c(O)cc1F. The second kappa shape index (κ2) is 2.98. The molecule has 1 rings (SSSR count). The number of hydrogen-bond donors (Lipinski definition) is 3. The van der Waals surface area contributed by atoms with Crippen molar-refractivity contribution < 1.29 is 19.7 Å². The summed E-state index contributed by atoms with van der Waals surface area (Å²) in [6, 6.07) is 1.76. The molecule has 0 aromatic heterocycles. The van der Waals surface area contributed by atoms with Crippen molar-refractivity contribution in [3.63, 3.8) is 0 Å². The molecule has 0 radical (unpaired) electrons. The van der Waals surface area contributed by atoms with Crippen molar-refractivity contribution in [2.45, 2.75) is 13.0 Å². The predicted molar refractivity (Wildman–Crippen MR) is 40.4 cm³/mol. The number of aliphatic hydroxyl groups excluding tert-OH is 1. The van der Waals surface area contributed by atoms with Crippen LogP contribution in [0.15, 0.2) is 12.1 Å². The van der Waals surface area contributed by atoms with E-state index in [0.29, 0.717) is 0 Å². The number of hydrogen-bond acceptors (Lipinski definition) is 3. The Bertz CT molecular complexity index is 297. The number of benzene rings is 1. The highest BCUT2D eigenvalue weighted by Crippen LogP contribution is 2.30. The molecule has 0 heterocycles.